The van der Waals surface area contributed by atoms with Gasteiger partial charge in [0.2, 0.25) is 0 Å². The van der Waals surface area contributed by atoms with E-state index in [1.54, 1.807) is 7.11 Å². The third-order valence-electron chi connectivity index (χ3n) is 2.04. The highest BCUT2D eigenvalue weighted by Crippen LogP contribution is 2.04. The summed E-state index contributed by atoms with van der Waals surface area (Å²) < 4.78 is 5.26. The van der Waals surface area contributed by atoms with Crippen LogP contribution in [-0.2, 0) is 4.74 Å². The van der Waals surface area contributed by atoms with Crippen molar-refractivity contribution in [3.63, 3.8) is 0 Å². The van der Waals surface area contributed by atoms with Crippen molar-refractivity contribution in [1.82, 2.24) is 10.6 Å². The lowest BCUT2D eigenvalue weighted by Gasteiger charge is -2.24. The lowest BCUT2D eigenvalue weighted by Crippen LogP contribution is -2.44. The summed E-state index contributed by atoms with van der Waals surface area (Å²) in [5.74, 6) is 0. The molecule has 0 radical (unpaired) electrons. The van der Waals surface area contributed by atoms with Crippen molar-refractivity contribution >= 4 is 17.3 Å². The standard InChI is InChI=1S/C10H22N2OS/c1-5-6-7-11-9(14)12-8-10(2,3)13-4/h5-8H2,1-4H3,(H2,11,12,14). The van der Waals surface area contributed by atoms with E-state index in [0.717, 1.165) is 19.5 Å². The van der Waals surface area contributed by atoms with Gasteiger partial charge in [-0.05, 0) is 32.5 Å². The van der Waals surface area contributed by atoms with Crippen LogP contribution in [0.3, 0.4) is 0 Å². The normalized spacial score (nSPS) is 11.1. The first-order chi connectivity index (χ1) is 6.52. The van der Waals surface area contributed by atoms with E-state index in [9.17, 15) is 0 Å². The highest BCUT2D eigenvalue weighted by Gasteiger charge is 2.15. The number of nitrogens with one attached hydrogen (secondary N) is 2. The van der Waals surface area contributed by atoms with Gasteiger partial charge in [-0.1, -0.05) is 13.3 Å². The second kappa shape index (κ2) is 7.01. The third kappa shape index (κ3) is 7.09. The Morgan fingerprint density at radius 1 is 1.36 bits per heavy atom. The molecule has 0 bridgehead atoms. The fourth-order valence-corrected chi connectivity index (χ4v) is 0.981. The molecule has 0 aliphatic carbocycles. The first kappa shape index (κ1) is 13.7. The van der Waals surface area contributed by atoms with Gasteiger partial charge in [-0.15, -0.1) is 0 Å². The van der Waals surface area contributed by atoms with E-state index >= 15 is 0 Å². The Bertz CT molecular complexity index is 172. The zero-order valence-corrected chi connectivity index (χ0v) is 10.5. The molecule has 0 unspecified atom stereocenters. The van der Waals surface area contributed by atoms with Gasteiger partial charge >= 0.3 is 0 Å². The number of rotatable bonds is 6. The number of hydrogen-bond donors (Lipinski definition) is 2. The lowest BCUT2D eigenvalue weighted by molar-refractivity contribution is 0.0269. The summed E-state index contributed by atoms with van der Waals surface area (Å²) >= 11 is 5.11. The van der Waals surface area contributed by atoms with Crippen LogP contribution in [0.15, 0.2) is 0 Å². The molecule has 0 aromatic rings. The fourth-order valence-electron chi connectivity index (χ4n) is 0.807. The van der Waals surface area contributed by atoms with Crippen molar-refractivity contribution < 1.29 is 4.74 Å². The topological polar surface area (TPSA) is 33.3 Å². The minimum atomic E-state index is -0.170. The molecule has 0 spiro atoms. The Balaban J connectivity index is 3.53. The average Bonchev–Trinajstić information content (AvgIpc) is 2.16. The molecule has 0 heterocycles. The van der Waals surface area contributed by atoms with Crippen LogP contribution in [0.5, 0.6) is 0 Å². The molecule has 0 amide bonds. The molecule has 2 N–H and O–H groups in total. The summed E-state index contributed by atoms with van der Waals surface area (Å²) in [6.45, 7) is 7.87. The van der Waals surface area contributed by atoms with Crippen LogP contribution in [0, 0.1) is 0 Å². The lowest BCUT2D eigenvalue weighted by atomic mass is 10.1. The second-order valence-corrected chi connectivity index (χ2v) is 4.34. The van der Waals surface area contributed by atoms with Gasteiger partial charge in [0.1, 0.15) is 0 Å². The van der Waals surface area contributed by atoms with Gasteiger partial charge in [-0.25, -0.2) is 0 Å². The predicted octanol–water partition coefficient (Wildman–Crippen LogP) is 1.68. The van der Waals surface area contributed by atoms with Crippen molar-refractivity contribution in [3.05, 3.63) is 0 Å². The summed E-state index contributed by atoms with van der Waals surface area (Å²) in [7, 11) is 1.70. The van der Waals surface area contributed by atoms with Gasteiger partial charge in [0.25, 0.3) is 0 Å². The molecule has 0 saturated carbocycles. The van der Waals surface area contributed by atoms with Crippen LogP contribution in [-0.4, -0.2) is 30.9 Å². The first-order valence-electron chi connectivity index (χ1n) is 5.08. The number of ether oxygens (including phenoxy) is 1. The molecular formula is C10H22N2OS. The maximum Gasteiger partial charge on any atom is 0.166 e. The molecule has 0 aromatic heterocycles. The number of thiocarbonyl (C=S) groups is 1. The first-order valence-corrected chi connectivity index (χ1v) is 5.49. The van der Waals surface area contributed by atoms with Crippen molar-refractivity contribution in [1.29, 1.82) is 0 Å². The Morgan fingerprint density at radius 3 is 2.50 bits per heavy atom. The number of unbranched alkanes of at least 4 members (excludes halogenated alkanes) is 1. The van der Waals surface area contributed by atoms with Crippen molar-refractivity contribution in [2.75, 3.05) is 20.2 Å². The fraction of sp³-hybridized carbons (Fsp3) is 0.900. The number of hydrogen-bond acceptors (Lipinski definition) is 2. The zero-order chi connectivity index (χ0) is 11.0. The van der Waals surface area contributed by atoms with Gasteiger partial charge in [0.05, 0.1) is 5.60 Å². The van der Waals surface area contributed by atoms with E-state index in [2.05, 4.69) is 17.6 Å². The zero-order valence-electron chi connectivity index (χ0n) is 9.64. The molecule has 0 rings (SSSR count). The summed E-state index contributed by atoms with van der Waals surface area (Å²) in [6.07, 6.45) is 2.33. The van der Waals surface area contributed by atoms with Crippen LogP contribution < -0.4 is 10.6 Å². The SMILES string of the molecule is CCCCNC(=S)NCC(C)(C)OC. The molecule has 0 aliphatic heterocycles. The molecule has 0 aliphatic rings. The third-order valence-corrected chi connectivity index (χ3v) is 2.33. The van der Waals surface area contributed by atoms with Gasteiger partial charge in [-0.3, -0.25) is 0 Å². The van der Waals surface area contributed by atoms with Gasteiger partial charge in [0, 0.05) is 20.2 Å². The maximum absolute atomic E-state index is 5.26. The Labute approximate surface area is 92.6 Å². The quantitative estimate of drug-likeness (QED) is 0.525. The molecule has 0 atom stereocenters. The van der Waals surface area contributed by atoms with Crippen molar-refractivity contribution in [2.45, 2.75) is 39.2 Å². The largest absolute Gasteiger partial charge is 0.377 e. The van der Waals surface area contributed by atoms with E-state index in [-0.39, 0.29) is 5.60 Å². The summed E-state index contributed by atoms with van der Waals surface area (Å²) in [6, 6.07) is 0. The molecule has 4 heteroatoms. The summed E-state index contributed by atoms with van der Waals surface area (Å²) in [5.41, 5.74) is -0.170. The Hall–Kier alpha value is -0.350. The van der Waals surface area contributed by atoms with Crippen LogP contribution >= 0.6 is 12.2 Å². The number of methoxy groups -OCH3 is 1. The van der Waals surface area contributed by atoms with Gasteiger partial charge in [0.15, 0.2) is 5.11 Å². The monoisotopic (exact) mass is 218 g/mol. The molecular weight excluding hydrogens is 196 g/mol. The minimum Gasteiger partial charge on any atom is -0.377 e. The smallest absolute Gasteiger partial charge is 0.166 e. The van der Waals surface area contributed by atoms with E-state index in [4.69, 9.17) is 17.0 Å². The summed E-state index contributed by atoms with van der Waals surface area (Å²) in [4.78, 5) is 0. The molecule has 3 nitrogen and oxygen atoms in total. The van der Waals surface area contributed by atoms with Crippen LogP contribution in [0.25, 0.3) is 0 Å². The molecule has 84 valence electrons. The van der Waals surface area contributed by atoms with Crippen LogP contribution in [0.2, 0.25) is 0 Å². The highest BCUT2D eigenvalue weighted by atomic mass is 32.1. The van der Waals surface area contributed by atoms with Gasteiger partial charge in [-0.2, -0.15) is 0 Å². The summed E-state index contributed by atoms with van der Waals surface area (Å²) in [5, 5.41) is 6.98. The molecule has 0 aromatic carbocycles. The maximum atomic E-state index is 5.26. The van der Waals surface area contributed by atoms with E-state index in [1.807, 2.05) is 13.8 Å². The highest BCUT2D eigenvalue weighted by molar-refractivity contribution is 7.80. The van der Waals surface area contributed by atoms with E-state index in [1.165, 1.54) is 6.42 Å². The predicted molar refractivity (Wildman–Crippen MR) is 64.6 cm³/mol. The van der Waals surface area contributed by atoms with Crippen LogP contribution in [0.4, 0.5) is 0 Å². The van der Waals surface area contributed by atoms with Crippen LogP contribution in [0.1, 0.15) is 33.6 Å². The van der Waals surface area contributed by atoms with Crippen molar-refractivity contribution in [3.8, 4) is 0 Å². The second-order valence-electron chi connectivity index (χ2n) is 3.93. The Morgan fingerprint density at radius 2 is 2.00 bits per heavy atom. The van der Waals surface area contributed by atoms with Gasteiger partial charge < -0.3 is 15.4 Å². The van der Waals surface area contributed by atoms with Crippen molar-refractivity contribution in [2.24, 2.45) is 0 Å². The average molecular weight is 218 g/mol. The van der Waals surface area contributed by atoms with E-state index < -0.39 is 0 Å². The molecule has 0 fully saturated rings. The molecule has 0 saturated heterocycles. The Kier molecular flexibility index (Phi) is 6.83. The van der Waals surface area contributed by atoms with E-state index in [0.29, 0.717) is 5.11 Å². The molecule has 14 heavy (non-hydrogen) atoms. The minimum absolute atomic E-state index is 0.170.